The van der Waals surface area contributed by atoms with Crippen LogP contribution in [-0.2, 0) is 9.59 Å². The molecule has 1 aliphatic heterocycles. The molecule has 0 radical (unpaired) electrons. The molecule has 0 spiro atoms. The third kappa shape index (κ3) is 5.56. The van der Waals surface area contributed by atoms with Crippen molar-refractivity contribution in [2.24, 2.45) is 5.73 Å². The number of nitrogens with zero attached hydrogens (tertiary/aromatic N) is 1. The third-order valence-corrected chi connectivity index (χ3v) is 2.90. The third-order valence-electron chi connectivity index (χ3n) is 2.90. The SMILES string of the molecule is NC(=O)CC[C@@H](NC(=O)N1CCCNCC1)C(=O)O. The lowest BCUT2D eigenvalue weighted by molar-refractivity contribution is -0.139. The average molecular weight is 272 g/mol. The quantitative estimate of drug-likeness (QED) is 0.495. The van der Waals surface area contributed by atoms with E-state index >= 15 is 0 Å². The molecular weight excluding hydrogens is 252 g/mol. The first-order valence-corrected chi connectivity index (χ1v) is 6.28. The highest BCUT2D eigenvalue weighted by molar-refractivity contribution is 5.83. The second-order valence-electron chi connectivity index (χ2n) is 4.44. The maximum atomic E-state index is 11.9. The molecule has 5 N–H and O–H groups in total. The molecule has 8 heteroatoms. The molecule has 0 unspecified atom stereocenters. The number of urea groups is 1. The topological polar surface area (TPSA) is 125 Å². The highest BCUT2D eigenvalue weighted by Crippen LogP contribution is 2.01. The highest BCUT2D eigenvalue weighted by atomic mass is 16.4. The molecule has 0 aromatic carbocycles. The molecule has 0 bridgehead atoms. The second kappa shape index (κ2) is 7.57. The Labute approximate surface area is 111 Å². The van der Waals surface area contributed by atoms with Gasteiger partial charge in [0.1, 0.15) is 6.04 Å². The van der Waals surface area contributed by atoms with Crippen LogP contribution in [0.5, 0.6) is 0 Å². The lowest BCUT2D eigenvalue weighted by Gasteiger charge is -2.23. The van der Waals surface area contributed by atoms with Crippen molar-refractivity contribution in [3.05, 3.63) is 0 Å². The largest absolute Gasteiger partial charge is 0.480 e. The highest BCUT2D eigenvalue weighted by Gasteiger charge is 2.23. The molecule has 1 saturated heterocycles. The van der Waals surface area contributed by atoms with E-state index in [1.807, 2.05) is 0 Å². The summed E-state index contributed by atoms with van der Waals surface area (Å²) in [6.07, 6.45) is 0.758. The van der Waals surface area contributed by atoms with Gasteiger partial charge < -0.3 is 26.4 Å². The second-order valence-corrected chi connectivity index (χ2v) is 4.44. The van der Waals surface area contributed by atoms with Crippen LogP contribution < -0.4 is 16.4 Å². The van der Waals surface area contributed by atoms with Crippen LogP contribution in [0.4, 0.5) is 4.79 Å². The summed E-state index contributed by atoms with van der Waals surface area (Å²) >= 11 is 0. The number of hydrogen-bond donors (Lipinski definition) is 4. The minimum absolute atomic E-state index is 0.00248. The van der Waals surface area contributed by atoms with Gasteiger partial charge in [-0.3, -0.25) is 4.79 Å². The summed E-state index contributed by atoms with van der Waals surface area (Å²) in [5, 5.41) is 14.6. The molecule has 1 fully saturated rings. The maximum Gasteiger partial charge on any atom is 0.326 e. The molecule has 1 heterocycles. The van der Waals surface area contributed by atoms with Gasteiger partial charge in [0.15, 0.2) is 0 Å². The van der Waals surface area contributed by atoms with Gasteiger partial charge in [0, 0.05) is 26.1 Å². The first kappa shape index (κ1) is 15.2. The van der Waals surface area contributed by atoms with Crippen molar-refractivity contribution < 1.29 is 19.5 Å². The first-order valence-electron chi connectivity index (χ1n) is 6.28. The molecule has 0 aromatic rings. The summed E-state index contributed by atoms with van der Waals surface area (Å²) < 4.78 is 0. The molecule has 1 atom stereocenters. The van der Waals surface area contributed by atoms with Gasteiger partial charge >= 0.3 is 12.0 Å². The monoisotopic (exact) mass is 272 g/mol. The van der Waals surface area contributed by atoms with Gasteiger partial charge in [-0.25, -0.2) is 9.59 Å². The smallest absolute Gasteiger partial charge is 0.326 e. The van der Waals surface area contributed by atoms with Crippen LogP contribution in [0, 0.1) is 0 Å². The number of primary amides is 1. The van der Waals surface area contributed by atoms with Gasteiger partial charge in [-0.15, -0.1) is 0 Å². The summed E-state index contributed by atoms with van der Waals surface area (Å²) in [4.78, 5) is 35.1. The van der Waals surface area contributed by atoms with Crippen molar-refractivity contribution in [3.63, 3.8) is 0 Å². The van der Waals surface area contributed by atoms with Gasteiger partial charge in [0.05, 0.1) is 0 Å². The van der Waals surface area contributed by atoms with Crippen molar-refractivity contribution in [1.82, 2.24) is 15.5 Å². The molecule has 3 amide bonds. The van der Waals surface area contributed by atoms with Crippen LogP contribution >= 0.6 is 0 Å². The van der Waals surface area contributed by atoms with E-state index in [1.54, 1.807) is 4.90 Å². The van der Waals surface area contributed by atoms with E-state index in [0.29, 0.717) is 19.6 Å². The Bertz CT molecular complexity index is 340. The fourth-order valence-electron chi connectivity index (χ4n) is 1.83. The Morgan fingerprint density at radius 2 is 2.05 bits per heavy atom. The predicted octanol–water partition coefficient (Wildman–Crippen LogP) is -1.29. The number of nitrogens with one attached hydrogen (secondary N) is 2. The van der Waals surface area contributed by atoms with Crippen LogP contribution in [0.1, 0.15) is 19.3 Å². The molecule has 1 aliphatic rings. The van der Waals surface area contributed by atoms with Crippen molar-refractivity contribution in [1.29, 1.82) is 0 Å². The van der Waals surface area contributed by atoms with Crippen molar-refractivity contribution in [2.75, 3.05) is 26.2 Å². The number of carbonyl (C=O) groups is 3. The fourth-order valence-corrected chi connectivity index (χ4v) is 1.83. The van der Waals surface area contributed by atoms with E-state index in [9.17, 15) is 14.4 Å². The first-order chi connectivity index (χ1) is 9.00. The van der Waals surface area contributed by atoms with Gasteiger partial charge in [-0.1, -0.05) is 0 Å². The van der Waals surface area contributed by atoms with Gasteiger partial charge in [-0.05, 0) is 19.4 Å². The Morgan fingerprint density at radius 3 is 2.68 bits per heavy atom. The summed E-state index contributed by atoms with van der Waals surface area (Å²) in [7, 11) is 0. The molecule has 19 heavy (non-hydrogen) atoms. The minimum Gasteiger partial charge on any atom is -0.480 e. The number of aliphatic carboxylic acids is 1. The maximum absolute atomic E-state index is 11.9. The number of carboxylic acids is 1. The van der Waals surface area contributed by atoms with Crippen molar-refractivity contribution >= 4 is 17.9 Å². The Balaban J connectivity index is 2.49. The van der Waals surface area contributed by atoms with Crippen LogP contribution in [0.25, 0.3) is 0 Å². The summed E-state index contributed by atoms with van der Waals surface area (Å²) in [5.41, 5.74) is 4.97. The number of rotatable bonds is 5. The average Bonchev–Trinajstić information content (AvgIpc) is 2.62. The van der Waals surface area contributed by atoms with Crippen LogP contribution in [0.15, 0.2) is 0 Å². The van der Waals surface area contributed by atoms with Crippen LogP contribution in [-0.4, -0.2) is 60.1 Å². The van der Waals surface area contributed by atoms with Crippen molar-refractivity contribution in [3.8, 4) is 0 Å². The lowest BCUT2D eigenvalue weighted by Crippen LogP contribution is -2.49. The zero-order valence-corrected chi connectivity index (χ0v) is 10.7. The number of carboxylic acid groups (broad SMARTS) is 1. The molecule has 0 aliphatic carbocycles. The number of amides is 3. The minimum atomic E-state index is -1.16. The van der Waals surface area contributed by atoms with E-state index < -0.39 is 23.9 Å². The van der Waals surface area contributed by atoms with Gasteiger partial charge in [0.2, 0.25) is 5.91 Å². The Morgan fingerprint density at radius 1 is 1.32 bits per heavy atom. The molecular formula is C11H20N4O4. The van der Waals surface area contributed by atoms with E-state index in [0.717, 1.165) is 13.0 Å². The summed E-state index contributed by atoms with van der Waals surface area (Å²) in [6, 6.07) is -1.50. The molecule has 0 aromatic heterocycles. The van der Waals surface area contributed by atoms with Crippen LogP contribution in [0.3, 0.4) is 0 Å². The predicted molar refractivity (Wildman–Crippen MR) is 67.4 cm³/mol. The molecule has 1 rings (SSSR count). The van der Waals surface area contributed by atoms with Crippen molar-refractivity contribution in [2.45, 2.75) is 25.3 Å². The standard InChI is InChI=1S/C11H20N4O4/c12-9(16)3-2-8(10(17)18)14-11(19)15-6-1-4-13-5-7-15/h8,13H,1-7H2,(H2,12,16)(H,14,19)(H,17,18)/t8-/m1/s1. The van der Waals surface area contributed by atoms with Gasteiger partial charge in [0.25, 0.3) is 0 Å². The number of hydrogen-bond acceptors (Lipinski definition) is 4. The van der Waals surface area contributed by atoms with E-state index in [2.05, 4.69) is 10.6 Å². The van der Waals surface area contributed by atoms with E-state index in [4.69, 9.17) is 10.8 Å². The normalized spacial score (nSPS) is 17.4. The van der Waals surface area contributed by atoms with E-state index in [1.165, 1.54) is 0 Å². The lowest BCUT2D eigenvalue weighted by atomic mass is 10.1. The molecule has 8 nitrogen and oxygen atoms in total. The number of carbonyl (C=O) groups excluding carboxylic acids is 2. The van der Waals surface area contributed by atoms with E-state index in [-0.39, 0.29) is 12.8 Å². The zero-order chi connectivity index (χ0) is 14.3. The molecule has 0 saturated carbocycles. The number of nitrogens with two attached hydrogens (primary N) is 1. The zero-order valence-electron chi connectivity index (χ0n) is 10.7. The molecule has 108 valence electrons. The Kier molecular flexibility index (Phi) is 6.07. The Hall–Kier alpha value is -1.83. The summed E-state index contributed by atoms with van der Waals surface area (Å²) in [5.74, 6) is -1.75. The van der Waals surface area contributed by atoms with Gasteiger partial charge in [-0.2, -0.15) is 0 Å². The van der Waals surface area contributed by atoms with Crippen LogP contribution in [0.2, 0.25) is 0 Å². The fraction of sp³-hybridized carbons (Fsp3) is 0.727. The summed E-state index contributed by atoms with van der Waals surface area (Å²) in [6.45, 7) is 2.65.